The molecule has 0 aromatic rings. The molecule has 0 rings (SSSR count). The zero-order valence-electron chi connectivity index (χ0n) is 12.9. The molecule has 0 saturated carbocycles. The molecule has 19 heavy (non-hydrogen) atoms. The van der Waals surface area contributed by atoms with E-state index in [0.29, 0.717) is 0 Å². The predicted molar refractivity (Wildman–Crippen MR) is 78.8 cm³/mol. The van der Waals surface area contributed by atoms with E-state index in [1.165, 1.54) is 44.9 Å². The van der Waals surface area contributed by atoms with E-state index in [1.807, 2.05) is 0 Å². The number of isocyanates is 2. The second-order valence-electron chi connectivity index (χ2n) is 5.34. The Bertz CT molecular complexity index is 202. The number of carbonyl (C=O) groups excluding carboxylic acids is 2. The van der Waals surface area contributed by atoms with Crippen LogP contribution in [0.3, 0.4) is 0 Å². The number of hydrogen-bond donors (Lipinski definition) is 2. The third-order valence-electron chi connectivity index (χ3n) is 2.56. The number of hydrogen-bond acceptors (Lipinski definition) is 4. The first kappa shape index (κ1) is 22.9. The lowest BCUT2D eigenvalue weighted by Gasteiger charge is -2.05. The monoisotopic (exact) mass is 270 g/mol. The summed E-state index contributed by atoms with van der Waals surface area (Å²) in [4.78, 5) is 16.7. The molecule has 0 heterocycles. The van der Waals surface area contributed by atoms with Crippen LogP contribution in [0, 0.1) is 22.7 Å². The van der Waals surface area contributed by atoms with Crippen LogP contribution in [0.25, 0.3) is 0 Å². The highest BCUT2D eigenvalue weighted by Crippen LogP contribution is 2.13. The van der Waals surface area contributed by atoms with Crippen molar-refractivity contribution in [2.75, 3.05) is 0 Å². The fourth-order valence-electron chi connectivity index (χ4n) is 1.64. The third kappa shape index (κ3) is 47.6. The van der Waals surface area contributed by atoms with Crippen LogP contribution < -0.4 is 0 Å². The van der Waals surface area contributed by atoms with Gasteiger partial charge in [0.05, 0.1) is 0 Å². The minimum Gasteiger partial charge on any atom is -0.222 e. The Labute approximate surface area is 118 Å². The Morgan fingerprint density at radius 2 is 0.895 bits per heavy atom. The van der Waals surface area contributed by atoms with Crippen molar-refractivity contribution in [3.63, 3.8) is 0 Å². The fourth-order valence-corrected chi connectivity index (χ4v) is 1.64. The van der Waals surface area contributed by atoms with Gasteiger partial charge < -0.3 is 0 Å². The summed E-state index contributed by atoms with van der Waals surface area (Å²) in [6.45, 7) is 9.27. The summed E-state index contributed by atoms with van der Waals surface area (Å²) < 4.78 is 0. The van der Waals surface area contributed by atoms with E-state index in [4.69, 9.17) is 20.4 Å². The van der Waals surface area contributed by atoms with E-state index in [2.05, 4.69) is 27.7 Å². The molecule has 0 spiro atoms. The zero-order chi connectivity index (χ0) is 15.5. The van der Waals surface area contributed by atoms with Crippen molar-refractivity contribution in [2.24, 2.45) is 11.8 Å². The van der Waals surface area contributed by atoms with Gasteiger partial charge in [-0.25, -0.2) is 20.4 Å². The predicted octanol–water partition coefficient (Wildman–Crippen LogP) is 4.83. The standard InChI is InChI=1S/C13H28.2CHNO/c1-12(2)10-8-6-5-7-9-11-13(3)4;2*2-1-3/h12-13H,5-11H2,1-4H3;2*2H. The highest BCUT2D eigenvalue weighted by molar-refractivity contribution is 5.26. The molecule has 0 atom stereocenters. The quantitative estimate of drug-likeness (QED) is 0.376. The second-order valence-corrected chi connectivity index (χ2v) is 5.34. The Kier molecular flexibility index (Phi) is 26.5. The Morgan fingerprint density at radius 1 is 0.684 bits per heavy atom. The number of rotatable bonds is 8. The highest BCUT2D eigenvalue weighted by Gasteiger charge is 1.96. The van der Waals surface area contributed by atoms with Crippen LogP contribution in [0.15, 0.2) is 0 Å². The van der Waals surface area contributed by atoms with Crippen molar-refractivity contribution in [3.05, 3.63) is 0 Å². The van der Waals surface area contributed by atoms with Gasteiger partial charge in [0.15, 0.2) is 0 Å². The SMILES string of the molecule is CC(C)CCCCCCCC(C)C.N=C=O.N=C=O. The van der Waals surface area contributed by atoms with Crippen molar-refractivity contribution in [1.29, 1.82) is 10.8 Å². The van der Waals surface area contributed by atoms with E-state index in [0.717, 1.165) is 24.0 Å². The van der Waals surface area contributed by atoms with Crippen LogP contribution in [-0.2, 0) is 9.59 Å². The normalized spacial score (nSPS) is 8.74. The first-order chi connectivity index (χ1) is 8.95. The summed E-state index contributed by atoms with van der Waals surface area (Å²) in [6, 6.07) is 0. The molecule has 0 unspecified atom stereocenters. The largest absolute Gasteiger partial charge is 0.231 e. The van der Waals surface area contributed by atoms with Crippen LogP contribution in [0.2, 0.25) is 0 Å². The van der Waals surface area contributed by atoms with Gasteiger partial charge >= 0.3 is 0 Å². The van der Waals surface area contributed by atoms with Gasteiger partial charge in [-0.2, -0.15) is 0 Å². The van der Waals surface area contributed by atoms with Crippen LogP contribution in [-0.4, -0.2) is 12.2 Å². The average Bonchev–Trinajstić information content (AvgIpc) is 2.29. The lowest BCUT2D eigenvalue weighted by Crippen LogP contribution is -1.89. The molecule has 0 saturated heterocycles. The van der Waals surface area contributed by atoms with Gasteiger partial charge in [-0.3, -0.25) is 0 Å². The molecule has 0 aromatic heterocycles. The summed E-state index contributed by atoms with van der Waals surface area (Å²) >= 11 is 0. The molecule has 0 amide bonds. The average molecular weight is 270 g/mol. The van der Waals surface area contributed by atoms with Crippen LogP contribution in [0.5, 0.6) is 0 Å². The first-order valence-electron chi connectivity index (χ1n) is 7.03. The molecular formula is C15H30N2O2. The lowest BCUT2D eigenvalue weighted by atomic mass is 10.0. The van der Waals surface area contributed by atoms with Gasteiger partial charge in [-0.05, 0) is 11.8 Å². The van der Waals surface area contributed by atoms with Gasteiger partial charge in [0, 0.05) is 0 Å². The maximum atomic E-state index is 8.35. The fraction of sp³-hybridized carbons (Fsp3) is 0.867. The van der Waals surface area contributed by atoms with Gasteiger partial charge in [0.2, 0.25) is 12.2 Å². The molecule has 0 aliphatic carbocycles. The smallest absolute Gasteiger partial charge is 0.222 e. The molecular weight excluding hydrogens is 240 g/mol. The van der Waals surface area contributed by atoms with E-state index in [-0.39, 0.29) is 0 Å². The minimum absolute atomic E-state index is 0.750. The van der Waals surface area contributed by atoms with Crippen LogP contribution in [0.4, 0.5) is 0 Å². The van der Waals surface area contributed by atoms with Crippen molar-refractivity contribution in [2.45, 2.75) is 72.6 Å². The molecule has 0 bridgehead atoms. The molecule has 2 N–H and O–H groups in total. The number of unbranched alkanes of at least 4 members (excludes halogenated alkanes) is 4. The molecule has 0 aliphatic heterocycles. The summed E-state index contributed by atoms with van der Waals surface area (Å²) in [6.07, 6.45) is 11.6. The molecule has 0 aliphatic rings. The van der Waals surface area contributed by atoms with Gasteiger partial charge in [-0.15, -0.1) is 0 Å². The van der Waals surface area contributed by atoms with Gasteiger partial charge in [0.25, 0.3) is 0 Å². The van der Waals surface area contributed by atoms with Gasteiger partial charge in [0.1, 0.15) is 0 Å². The van der Waals surface area contributed by atoms with E-state index >= 15 is 0 Å². The minimum atomic E-state index is 0.750. The molecule has 4 heteroatoms. The summed E-state index contributed by atoms with van der Waals surface area (Å²) in [5, 5.41) is 10.8. The summed E-state index contributed by atoms with van der Waals surface area (Å²) in [7, 11) is 0. The van der Waals surface area contributed by atoms with Crippen molar-refractivity contribution in [1.82, 2.24) is 0 Å². The summed E-state index contributed by atoms with van der Waals surface area (Å²) in [5.74, 6) is 1.80. The third-order valence-corrected chi connectivity index (χ3v) is 2.56. The highest BCUT2D eigenvalue weighted by atomic mass is 16.1. The van der Waals surface area contributed by atoms with Crippen molar-refractivity contribution >= 4 is 12.2 Å². The first-order valence-corrected chi connectivity index (χ1v) is 7.03. The molecule has 4 nitrogen and oxygen atoms in total. The Hall–Kier alpha value is -1.24. The van der Waals surface area contributed by atoms with Crippen LogP contribution in [0.1, 0.15) is 72.6 Å². The molecule has 0 fully saturated rings. The second kappa shape index (κ2) is 22.0. The van der Waals surface area contributed by atoms with Crippen molar-refractivity contribution in [3.8, 4) is 0 Å². The Balaban J connectivity index is -0.000000360. The zero-order valence-corrected chi connectivity index (χ0v) is 12.9. The maximum Gasteiger partial charge on any atom is 0.231 e. The molecule has 0 aromatic carbocycles. The Morgan fingerprint density at radius 3 is 1.11 bits per heavy atom. The van der Waals surface area contributed by atoms with E-state index < -0.39 is 0 Å². The topological polar surface area (TPSA) is 81.8 Å². The molecule has 112 valence electrons. The van der Waals surface area contributed by atoms with E-state index in [9.17, 15) is 0 Å². The molecule has 0 radical (unpaired) electrons. The number of nitrogens with one attached hydrogen (secondary N) is 2. The maximum absolute atomic E-state index is 8.35. The van der Waals surface area contributed by atoms with Crippen LogP contribution >= 0.6 is 0 Å². The van der Waals surface area contributed by atoms with E-state index in [1.54, 1.807) is 0 Å². The van der Waals surface area contributed by atoms with Gasteiger partial charge in [-0.1, -0.05) is 72.6 Å². The lowest BCUT2D eigenvalue weighted by molar-refractivity contribution is 0.489. The summed E-state index contributed by atoms with van der Waals surface area (Å²) in [5.41, 5.74) is 0. The van der Waals surface area contributed by atoms with Crippen molar-refractivity contribution < 1.29 is 9.59 Å².